The molecular weight excluding hydrogens is 442 g/mol. The van der Waals surface area contributed by atoms with E-state index < -0.39 is 60.7 Å². The lowest BCUT2D eigenvalue weighted by Gasteiger charge is -2.44. The van der Waals surface area contributed by atoms with Crippen LogP contribution in [0.15, 0.2) is 0 Å². The minimum absolute atomic E-state index is 0.230. The number of carbonyl (C=O) groups excluding carboxylic acids is 4. The maximum atomic E-state index is 11.8. The summed E-state index contributed by atoms with van der Waals surface area (Å²) in [6.45, 7) is 4.75. The van der Waals surface area contributed by atoms with Crippen molar-refractivity contribution in [2.45, 2.75) is 96.7 Å². The molecule has 0 spiro atoms. The zero-order chi connectivity index (χ0) is 25.0. The summed E-state index contributed by atoms with van der Waals surface area (Å²) in [5.41, 5.74) is 0. The summed E-state index contributed by atoms with van der Waals surface area (Å²) < 4.78 is 27.4. The smallest absolute Gasteiger partial charge is 0.303 e. The van der Waals surface area contributed by atoms with Crippen LogP contribution in [0.2, 0.25) is 0 Å². The van der Waals surface area contributed by atoms with Gasteiger partial charge in [0.15, 0.2) is 24.8 Å². The Morgan fingerprint density at radius 3 is 2.03 bits per heavy atom. The Morgan fingerprint density at radius 2 is 1.48 bits per heavy atom. The summed E-state index contributed by atoms with van der Waals surface area (Å²) in [6.07, 6.45) is -2.65. The summed E-state index contributed by atoms with van der Waals surface area (Å²) >= 11 is 0. The van der Waals surface area contributed by atoms with Gasteiger partial charge in [0.25, 0.3) is 0 Å². The van der Waals surface area contributed by atoms with Crippen LogP contribution in [0.1, 0.15) is 59.8 Å². The fourth-order valence-electron chi connectivity index (χ4n) is 3.42. The van der Waals surface area contributed by atoms with Gasteiger partial charge in [-0.05, 0) is 19.3 Å². The number of aliphatic hydroxyl groups excluding tert-OH is 1. The lowest BCUT2D eigenvalue weighted by molar-refractivity contribution is -0.277. The van der Waals surface area contributed by atoms with E-state index in [-0.39, 0.29) is 19.6 Å². The molecule has 1 amide bonds. The molecule has 0 aromatic carbocycles. The first-order chi connectivity index (χ1) is 15.5. The number of aliphatic hydroxyl groups is 2. The molecule has 1 heterocycles. The average Bonchev–Trinajstić information content (AvgIpc) is 2.68. The van der Waals surface area contributed by atoms with Crippen LogP contribution < -0.4 is 5.32 Å². The number of amides is 1. The van der Waals surface area contributed by atoms with Gasteiger partial charge in [0.2, 0.25) is 5.91 Å². The van der Waals surface area contributed by atoms with Crippen molar-refractivity contribution in [3.63, 3.8) is 0 Å². The molecule has 2 unspecified atom stereocenters. The maximum absolute atomic E-state index is 11.8. The van der Waals surface area contributed by atoms with E-state index >= 15 is 0 Å². The average molecular weight is 478 g/mol. The minimum Gasteiger partial charge on any atom is -0.463 e. The topological polar surface area (TPSA) is 167 Å². The maximum Gasteiger partial charge on any atom is 0.303 e. The molecule has 5 atom stereocenters. The van der Waals surface area contributed by atoms with Crippen molar-refractivity contribution in [2.75, 3.05) is 13.2 Å². The van der Waals surface area contributed by atoms with Gasteiger partial charge in [-0.2, -0.15) is 0 Å². The standard InChI is InChI=1S/C21H35NO11/c1-12(23)22-18-20(32-15(4)26)19(31-14(3)25)16(11-30-13(2)24)33-21(18)29-10-8-6-5-7-9-17(27)28/h16-21,27-28H,5-11H2,1-4H3,(H,22,23)/t16?,18-,19-,20?,21+/m0/s1. The third-order valence-corrected chi connectivity index (χ3v) is 4.71. The molecule has 1 rings (SSSR count). The Balaban J connectivity index is 2.97. The van der Waals surface area contributed by atoms with Gasteiger partial charge in [-0.3, -0.25) is 19.2 Å². The number of hydrogen-bond donors (Lipinski definition) is 3. The highest BCUT2D eigenvalue weighted by atomic mass is 16.7. The molecule has 3 N–H and O–H groups in total. The van der Waals surface area contributed by atoms with Crippen LogP contribution in [0, 0.1) is 0 Å². The summed E-state index contributed by atoms with van der Waals surface area (Å²) in [7, 11) is 0. The van der Waals surface area contributed by atoms with Gasteiger partial charge in [0.05, 0.1) is 0 Å². The Morgan fingerprint density at radius 1 is 0.879 bits per heavy atom. The second kappa shape index (κ2) is 14.8. The molecule has 0 saturated carbocycles. The molecule has 1 saturated heterocycles. The summed E-state index contributed by atoms with van der Waals surface area (Å²) in [6, 6.07) is -0.992. The molecule has 1 fully saturated rings. The van der Waals surface area contributed by atoms with E-state index in [0.29, 0.717) is 12.8 Å². The number of rotatable bonds is 13. The van der Waals surface area contributed by atoms with Crippen LogP contribution >= 0.6 is 0 Å². The molecule has 0 aromatic rings. The van der Waals surface area contributed by atoms with E-state index in [2.05, 4.69) is 5.32 Å². The van der Waals surface area contributed by atoms with Gasteiger partial charge in [-0.15, -0.1) is 0 Å². The lowest BCUT2D eigenvalue weighted by atomic mass is 9.96. The molecule has 0 aromatic heterocycles. The number of esters is 3. The highest BCUT2D eigenvalue weighted by Gasteiger charge is 2.51. The summed E-state index contributed by atoms with van der Waals surface area (Å²) in [5, 5.41) is 20.4. The van der Waals surface area contributed by atoms with E-state index in [4.69, 9.17) is 33.9 Å². The Hall–Kier alpha value is -2.28. The van der Waals surface area contributed by atoms with Crippen molar-refractivity contribution >= 4 is 23.8 Å². The molecule has 33 heavy (non-hydrogen) atoms. The predicted octanol–water partition coefficient (Wildman–Crippen LogP) is -0.0797. The molecule has 1 aliphatic heterocycles. The fourth-order valence-corrected chi connectivity index (χ4v) is 3.42. The number of hydrogen-bond acceptors (Lipinski definition) is 11. The molecule has 1 aliphatic rings. The third-order valence-electron chi connectivity index (χ3n) is 4.71. The number of nitrogens with one attached hydrogen (secondary N) is 1. The first-order valence-electron chi connectivity index (χ1n) is 10.9. The van der Waals surface area contributed by atoms with Gasteiger partial charge in [0.1, 0.15) is 18.8 Å². The normalized spacial score (nSPS) is 24.8. The van der Waals surface area contributed by atoms with E-state index in [9.17, 15) is 19.2 Å². The van der Waals surface area contributed by atoms with Crippen LogP contribution in [0.25, 0.3) is 0 Å². The molecule has 12 heteroatoms. The predicted molar refractivity (Wildman–Crippen MR) is 111 cm³/mol. The Bertz CT molecular complexity index is 654. The first kappa shape index (κ1) is 28.8. The molecular formula is C21H35NO11. The Labute approximate surface area is 192 Å². The second-order valence-electron chi connectivity index (χ2n) is 7.77. The number of carbonyl (C=O) groups is 4. The highest BCUT2D eigenvalue weighted by Crippen LogP contribution is 2.28. The highest BCUT2D eigenvalue weighted by molar-refractivity contribution is 5.73. The SMILES string of the molecule is CC(=O)N[C@H]1C(OC(C)=O)[C@@H](OC(C)=O)C(COC(C)=O)O[C@H]1OCCCCCCC(O)O. The van der Waals surface area contributed by atoms with Gasteiger partial charge in [-0.25, -0.2) is 0 Å². The minimum atomic E-state index is -1.33. The molecule has 0 bridgehead atoms. The lowest BCUT2D eigenvalue weighted by Crippen LogP contribution is -2.66. The van der Waals surface area contributed by atoms with Crippen molar-refractivity contribution in [1.29, 1.82) is 0 Å². The number of ether oxygens (including phenoxy) is 5. The molecule has 0 radical (unpaired) electrons. The zero-order valence-corrected chi connectivity index (χ0v) is 19.5. The van der Waals surface area contributed by atoms with E-state index in [1.54, 1.807) is 0 Å². The van der Waals surface area contributed by atoms with Gasteiger partial charge < -0.3 is 39.2 Å². The van der Waals surface area contributed by atoms with Crippen LogP contribution in [-0.2, 0) is 42.9 Å². The van der Waals surface area contributed by atoms with Gasteiger partial charge in [-0.1, -0.05) is 12.8 Å². The van der Waals surface area contributed by atoms with Crippen molar-refractivity contribution in [2.24, 2.45) is 0 Å². The van der Waals surface area contributed by atoms with E-state index in [1.165, 1.54) is 27.7 Å². The van der Waals surface area contributed by atoms with Crippen molar-refractivity contribution in [3.8, 4) is 0 Å². The molecule has 0 aliphatic carbocycles. The Kier molecular flexibility index (Phi) is 12.9. The van der Waals surface area contributed by atoms with Crippen molar-refractivity contribution in [1.82, 2.24) is 5.32 Å². The van der Waals surface area contributed by atoms with Gasteiger partial charge >= 0.3 is 17.9 Å². The summed E-state index contributed by atoms with van der Waals surface area (Å²) in [4.78, 5) is 46.6. The van der Waals surface area contributed by atoms with Crippen LogP contribution in [0.5, 0.6) is 0 Å². The first-order valence-corrected chi connectivity index (χ1v) is 10.9. The largest absolute Gasteiger partial charge is 0.463 e. The van der Waals surface area contributed by atoms with Crippen LogP contribution in [0.3, 0.4) is 0 Å². The summed E-state index contributed by atoms with van der Waals surface area (Å²) in [5.74, 6) is -2.39. The van der Waals surface area contributed by atoms with Crippen molar-refractivity contribution in [3.05, 3.63) is 0 Å². The second-order valence-corrected chi connectivity index (χ2v) is 7.77. The van der Waals surface area contributed by atoms with Crippen LogP contribution in [-0.4, -0.2) is 84.2 Å². The van der Waals surface area contributed by atoms with Crippen LogP contribution in [0.4, 0.5) is 0 Å². The monoisotopic (exact) mass is 477 g/mol. The zero-order valence-electron chi connectivity index (χ0n) is 19.5. The fraction of sp³-hybridized carbons (Fsp3) is 0.810. The quantitative estimate of drug-likeness (QED) is 0.140. The molecule has 190 valence electrons. The van der Waals surface area contributed by atoms with E-state index in [0.717, 1.165) is 12.8 Å². The molecule has 12 nitrogen and oxygen atoms in total. The van der Waals surface area contributed by atoms with E-state index in [1.807, 2.05) is 0 Å². The number of unbranched alkanes of at least 4 members (excludes halogenated alkanes) is 3. The van der Waals surface area contributed by atoms with Gasteiger partial charge in [0, 0.05) is 34.3 Å². The van der Waals surface area contributed by atoms with Crippen molar-refractivity contribution < 1.29 is 53.1 Å². The third kappa shape index (κ3) is 11.4.